The van der Waals surface area contributed by atoms with Crippen molar-refractivity contribution < 1.29 is 19.1 Å². The summed E-state index contributed by atoms with van der Waals surface area (Å²) in [5.41, 5.74) is 1.06. The Balaban J connectivity index is 2.75. The molecule has 23 heavy (non-hydrogen) atoms. The second-order valence-electron chi connectivity index (χ2n) is 4.70. The molecule has 120 valence electrons. The minimum atomic E-state index is -1.35. The summed E-state index contributed by atoms with van der Waals surface area (Å²) >= 11 is 0. The predicted octanol–water partition coefficient (Wildman–Crippen LogP) is 1.72. The summed E-state index contributed by atoms with van der Waals surface area (Å²) in [6, 6.07) is 8.09. The highest BCUT2D eigenvalue weighted by Gasteiger charge is 2.23. The Morgan fingerprint density at radius 2 is 1.96 bits per heavy atom. The standard InChI is InChI=1S/C17H18N2O4/c1-3-10-19-16(21)14(11-18)15(20)9-6-12-4-7-13(8-5-12)17(22)23-2/h4-9,14H,3,10H2,1-2H3,(H,19,21)/b9-6+. The number of methoxy groups -OCH3 is 1. The first kappa shape index (κ1) is 18.1. The normalized spacial score (nSPS) is 11.5. The Bertz CT molecular complexity index is 642. The third kappa shape index (κ3) is 5.40. The van der Waals surface area contributed by atoms with Crippen molar-refractivity contribution in [1.82, 2.24) is 5.32 Å². The second-order valence-corrected chi connectivity index (χ2v) is 4.70. The minimum Gasteiger partial charge on any atom is -0.465 e. The first-order chi connectivity index (χ1) is 11.0. The lowest BCUT2D eigenvalue weighted by Gasteiger charge is -2.06. The van der Waals surface area contributed by atoms with E-state index in [0.717, 1.165) is 6.42 Å². The van der Waals surface area contributed by atoms with Gasteiger partial charge < -0.3 is 10.1 Å². The van der Waals surface area contributed by atoms with Crippen LogP contribution in [0.3, 0.4) is 0 Å². The van der Waals surface area contributed by atoms with Crippen molar-refractivity contribution >= 4 is 23.7 Å². The number of hydrogen-bond acceptors (Lipinski definition) is 5. The van der Waals surface area contributed by atoms with Gasteiger partial charge in [-0.3, -0.25) is 9.59 Å². The molecule has 0 fully saturated rings. The van der Waals surface area contributed by atoms with Crippen molar-refractivity contribution in [3.05, 3.63) is 41.5 Å². The van der Waals surface area contributed by atoms with Crippen molar-refractivity contribution in [2.45, 2.75) is 13.3 Å². The molecule has 0 aliphatic heterocycles. The van der Waals surface area contributed by atoms with Crippen LogP contribution in [0.4, 0.5) is 0 Å². The average molecular weight is 314 g/mol. The maximum absolute atomic E-state index is 11.9. The summed E-state index contributed by atoms with van der Waals surface area (Å²) in [6.45, 7) is 2.30. The molecule has 1 aromatic rings. The number of carbonyl (C=O) groups is 3. The smallest absolute Gasteiger partial charge is 0.337 e. The van der Waals surface area contributed by atoms with Gasteiger partial charge in [-0.05, 0) is 30.2 Å². The van der Waals surface area contributed by atoms with Crippen LogP contribution in [-0.4, -0.2) is 31.3 Å². The molecule has 1 atom stereocenters. The van der Waals surface area contributed by atoms with Crippen LogP contribution in [-0.2, 0) is 14.3 Å². The quantitative estimate of drug-likeness (QED) is 0.469. The van der Waals surface area contributed by atoms with E-state index in [4.69, 9.17) is 5.26 Å². The molecule has 1 unspecified atom stereocenters. The summed E-state index contributed by atoms with van der Waals surface area (Å²) < 4.78 is 4.59. The number of nitrogens with zero attached hydrogens (tertiary/aromatic N) is 1. The molecule has 1 rings (SSSR count). The minimum absolute atomic E-state index is 0.393. The number of amides is 1. The van der Waals surface area contributed by atoms with Gasteiger partial charge in [0.05, 0.1) is 18.7 Å². The fraction of sp³-hybridized carbons (Fsp3) is 0.294. The number of benzene rings is 1. The van der Waals surface area contributed by atoms with E-state index in [9.17, 15) is 14.4 Å². The maximum atomic E-state index is 11.9. The average Bonchev–Trinajstić information content (AvgIpc) is 2.58. The number of carbonyl (C=O) groups excluding carboxylic acids is 3. The van der Waals surface area contributed by atoms with Crippen LogP contribution in [0.2, 0.25) is 0 Å². The van der Waals surface area contributed by atoms with Crippen molar-refractivity contribution in [2.75, 3.05) is 13.7 Å². The molecular weight excluding hydrogens is 296 g/mol. The molecule has 0 aliphatic carbocycles. The molecule has 0 aromatic heterocycles. The molecule has 0 spiro atoms. The zero-order valence-electron chi connectivity index (χ0n) is 13.0. The van der Waals surface area contributed by atoms with E-state index in [1.54, 1.807) is 30.3 Å². The molecule has 0 radical (unpaired) electrons. The van der Waals surface area contributed by atoms with E-state index in [1.807, 2.05) is 6.92 Å². The van der Waals surface area contributed by atoms with Crippen LogP contribution in [0.15, 0.2) is 30.3 Å². The Morgan fingerprint density at radius 3 is 2.48 bits per heavy atom. The van der Waals surface area contributed by atoms with Gasteiger partial charge in [-0.1, -0.05) is 25.1 Å². The third-order valence-corrected chi connectivity index (χ3v) is 3.00. The number of hydrogen-bond donors (Lipinski definition) is 1. The van der Waals surface area contributed by atoms with E-state index in [0.29, 0.717) is 17.7 Å². The fourth-order valence-electron chi connectivity index (χ4n) is 1.72. The van der Waals surface area contributed by atoms with Gasteiger partial charge in [0.1, 0.15) is 0 Å². The number of allylic oxidation sites excluding steroid dienone is 1. The Hall–Kier alpha value is -2.94. The lowest BCUT2D eigenvalue weighted by molar-refractivity contribution is -0.129. The monoisotopic (exact) mass is 314 g/mol. The van der Waals surface area contributed by atoms with Gasteiger partial charge in [0, 0.05) is 6.54 Å². The molecule has 0 aliphatic rings. The van der Waals surface area contributed by atoms with Gasteiger partial charge in [0.25, 0.3) is 0 Å². The van der Waals surface area contributed by atoms with Crippen LogP contribution in [0.1, 0.15) is 29.3 Å². The summed E-state index contributed by atoms with van der Waals surface area (Å²) in [6.07, 6.45) is 3.40. The number of nitrogens with one attached hydrogen (secondary N) is 1. The SMILES string of the molecule is CCCNC(=O)C(C#N)C(=O)/C=C/c1ccc(C(=O)OC)cc1. The van der Waals surface area contributed by atoms with Gasteiger partial charge >= 0.3 is 5.97 Å². The highest BCUT2D eigenvalue weighted by Crippen LogP contribution is 2.08. The van der Waals surface area contributed by atoms with Crippen LogP contribution in [0.25, 0.3) is 6.08 Å². The predicted molar refractivity (Wildman–Crippen MR) is 84.2 cm³/mol. The Labute approximate surface area is 134 Å². The van der Waals surface area contributed by atoms with Gasteiger partial charge in [-0.25, -0.2) is 4.79 Å². The summed E-state index contributed by atoms with van der Waals surface area (Å²) in [5.74, 6) is -2.98. The lowest BCUT2D eigenvalue weighted by Crippen LogP contribution is -2.34. The van der Waals surface area contributed by atoms with Gasteiger partial charge in [0.15, 0.2) is 11.7 Å². The van der Waals surface area contributed by atoms with Crippen molar-refractivity contribution in [3.8, 4) is 6.07 Å². The van der Waals surface area contributed by atoms with Crippen LogP contribution >= 0.6 is 0 Å². The highest BCUT2D eigenvalue weighted by atomic mass is 16.5. The third-order valence-electron chi connectivity index (χ3n) is 3.00. The fourth-order valence-corrected chi connectivity index (χ4v) is 1.72. The van der Waals surface area contributed by atoms with Gasteiger partial charge in [0.2, 0.25) is 5.91 Å². The topological polar surface area (TPSA) is 96.3 Å². The van der Waals surface area contributed by atoms with Crippen LogP contribution in [0, 0.1) is 17.2 Å². The Kier molecular flexibility index (Phi) is 7.21. The Morgan fingerprint density at radius 1 is 1.30 bits per heavy atom. The highest BCUT2D eigenvalue weighted by molar-refractivity contribution is 6.10. The molecule has 6 nitrogen and oxygen atoms in total. The summed E-state index contributed by atoms with van der Waals surface area (Å²) in [5, 5.41) is 11.5. The number of esters is 1. The molecule has 1 amide bonds. The lowest BCUT2D eigenvalue weighted by atomic mass is 10.0. The number of nitriles is 1. The molecule has 6 heteroatoms. The zero-order valence-corrected chi connectivity index (χ0v) is 13.0. The van der Waals surface area contributed by atoms with E-state index in [-0.39, 0.29) is 0 Å². The number of ether oxygens (including phenoxy) is 1. The maximum Gasteiger partial charge on any atom is 0.337 e. The zero-order chi connectivity index (χ0) is 17.2. The first-order valence-corrected chi connectivity index (χ1v) is 7.11. The van der Waals surface area contributed by atoms with Crippen LogP contribution in [0.5, 0.6) is 0 Å². The summed E-state index contributed by atoms with van der Waals surface area (Å²) in [7, 11) is 1.29. The largest absolute Gasteiger partial charge is 0.465 e. The molecule has 0 heterocycles. The number of rotatable bonds is 7. The number of ketones is 1. The molecule has 1 aromatic carbocycles. The molecule has 1 N–H and O–H groups in total. The molecular formula is C17H18N2O4. The van der Waals surface area contributed by atoms with Gasteiger partial charge in [-0.15, -0.1) is 0 Å². The second kappa shape index (κ2) is 9.15. The van der Waals surface area contributed by atoms with Crippen molar-refractivity contribution in [1.29, 1.82) is 5.26 Å². The molecule has 0 bridgehead atoms. The molecule has 0 saturated heterocycles. The van der Waals surface area contributed by atoms with Crippen LogP contribution < -0.4 is 5.32 Å². The molecule has 0 saturated carbocycles. The van der Waals surface area contributed by atoms with Gasteiger partial charge in [-0.2, -0.15) is 5.26 Å². The van der Waals surface area contributed by atoms with E-state index < -0.39 is 23.6 Å². The van der Waals surface area contributed by atoms with Crippen molar-refractivity contribution in [3.63, 3.8) is 0 Å². The first-order valence-electron chi connectivity index (χ1n) is 7.11. The van der Waals surface area contributed by atoms with E-state index in [2.05, 4.69) is 10.1 Å². The van der Waals surface area contributed by atoms with E-state index in [1.165, 1.54) is 19.3 Å². The van der Waals surface area contributed by atoms with E-state index >= 15 is 0 Å². The summed E-state index contributed by atoms with van der Waals surface area (Å²) in [4.78, 5) is 34.9. The van der Waals surface area contributed by atoms with Crippen molar-refractivity contribution in [2.24, 2.45) is 5.92 Å².